The SMILES string of the molecule is Cc1cc(C)n([C@H](C)C(=O)N2CCCCC[C@H]2c2ccncc2)n1. The number of likely N-dealkylation sites (tertiary alicyclic amines) is 1. The summed E-state index contributed by atoms with van der Waals surface area (Å²) in [5.41, 5.74) is 3.16. The quantitative estimate of drug-likeness (QED) is 0.866. The van der Waals surface area contributed by atoms with Gasteiger partial charge in [0.25, 0.3) is 0 Å². The number of nitrogens with zero attached hydrogens (tertiary/aromatic N) is 4. The molecular weight excluding hydrogens is 300 g/mol. The summed E-state index contributed by atoms with van der Waals surface area (Å²) in [6, 6.07) is 5.95. The van der Waals surface area contributed by atoms with Gasteiger partial charge in [-0.1, -0.05) is 12.8 Å². The van der Waals surface area contributed by atoms with Gasteiger partial charge in [-0.05, 0) is 57.4 Å². The molecule has 3 heterocycles. The number of carbonyl (C=O) groups is 1. The summed E-state index contributed by atoms with van der Waals surface area (Å²) in [5.74, 6) is 0.157. The molecule has 1 fully saturated rings. The second-order valence-electron chi connectivity index (χ2n) is 6.72. The first kappa shape index (κ1) is 16.7. The Balaban J connectivity index is 1.88. The third kappa shape index (κ3) is 3.35. The molecule has 0 N–H and O–H groups in total. The van der Waals surface area contributed by atoms with Crippen LogP contribution in [0.15, 0.2) is 30.6 Å². The topological polar surface area (TPSA) is 51.0 Å². The normalized spacial score (nSPS) is 19.8. The highest BCUT2D eigenvalue weighted by atomic mass is 16.2. The fourth-order valence-corrected chi connectivity index (χ4v) is 3.69. The maximum Gasteiger partial charge on any atom is 0.247 e. The second-order valence-corrected chi connectivity index (χ2v) is 6.72. The van der Waals surface area contributed by atoms with Crippen LogP contribution in [0.4, 0.5) is 0 Å². The number of rotatable bonds is 3. The maximum atomic E-state index is 13.2. The zero-order valence-corrected chi connectivity index (χ0v) is 14.8. The molecule has 1 saturated heterocycles. The summed E-state index contributed by atoms with van der Waals surface area (Å²) in [6.45, 7) is 6.74. The molecule has 5 heteroatoms. The number of hydrogen-bond donors (Lipinski definition) is 0. The number of amides is 1. The van der Waals surface area contributed by atoms with Crippen LogP contribution in [0.1, 0.15) is 61.6 Å². The second kappa shape index (κ2) is 7.16. The Labute approximate surface area is 143 Å². The van der Waals surface area contributed by atoms with Gasteiger partial charge in [0, 0.05) is 24.6 Å². The van der Waals surface area contributed by atoms with Gasteiger partial charge in [0.05, 0.1) is 11.7 Å². The Kier molecular flexibility index (Phi) is 4.97. The van der Waals surface area contributed by atoms with E-state index in [0.29, 0.717) is 0 Å². The summed E-state index contributed by atoms with van der Waals surface area (Å²) in [7, 11) is 0. The van der Waals surface area contributed by atoms with Crippen LogP contribution >= 0.6 is 0 Å². The van der Waals surface area contributed by atoms with Crippen LogP contribution in [0.25, 0.3) is 0 Å². The fraction of sp³-hybridized carbons (Fsp3) is 0.526. The molecule has 0 unspecified atom stereocenters. The lowest BCUT2D eigenvalue weighted by Crippen LogP contribution is -2.39. The number of aromatic nitrogens is 3. The minimum atomic E-state index is -0.277. The van der Waals surface area contributed by atoms with Crippen LogP contribution in [0.3, 0.4) is 0 Å². The zero-order valence-electron chi connectivity index (χ0n) is 14.8. The lowest BCUT2D eigenvalue weighted by molar-refractivity contribution is -0.137. The van der Waals surface area contributed by atoms with Gasteiger partial charge in [-0.15, -0.1) is 0 Å². The molecule has 3 rings (SSSR count). The first-order chi connectivity index (χ1) is 11.6. The molecule has 0 spiro atoms. The van der Waals surface area contributed by atoms with Crippen LogP contribution in [-0.4, -0.2) is 32.1 Å². The third-order valence-electron chi connectivity index (χ3n) is 4.90. The van der Waals surface area contributed by atoms with Crippen molar-refractivity contribution in [1.82, 2.24) is 19.7 Å². The highest BCUT2D eigenvalue weighted by molar-refractivity contribution is 5.80. The van der Waals surface area contributed by atoms with Gasteiger partial charge in [0.1, 0.15) is 6.04 Å². The summed E-state index contributed by atoms with van der Waals surface area (Å²) < 4.78 is 1.85. The highest BCUT2D eigenvalue weighted by Gasteiger charge is 2.31. The lowest BCUT2D eigenvalue weighted by Gasteiger charge is -2.33. The van der Waals surface area contributed by atoms with Gasteiger partial charge in [0.15, 0.2) is 0 Å². The number of hydrogen-bond acceptors (Lipinski definition) is 3. The van der Waals surface area contributed by atoms with E-state index >= 15 is 0 Å². The van der Waals surface area contributed by atoms with Crippen molar-refractivity contribution < 1.29 is 4.79 Å². The molecule has 0 aliphatic carbocycles. The van der Waals surface area contributed by atoms with E-state index in [1.54, 1.807) is 0 Å². The number of aryl methyl sites for hydroxylation is 2. The first-order valence-corrected chi connectivity index (χ1v) is 8.81. The standard InChI is InChI=1S/C19H26N4O/c1-14-13-15(2)23(21-14)16(3)19(24)22-12-6-4-5-7-18(22)17-8-10-20-11-9-17/h8-11,13,16,18H,4-7,12H2,1-3H3/t16-,18+/m1/s1. The van der Waals surface area contributed by atoms with Gasteiger partial charge in [-0.2, -0.15) is 5.10 Å². The Hall–Kier alpha value is -2.17. The van der Waals surface area contributed by atoms with Gasteiger partial charge in [-0.3, -0.25) is 14.5 Å². The molecule has 1 amide bonds. The molecule has 0 aromatic carbocycles. The average Bonchev–Trinajstić information content (AvgIpc) is 2.79. The smallest absolute Gasteiger partial charge is 0.247 e. The summed E-state index contributed by atoms with van der Waals surface area (Å²) >= 11 is 0. The molecule has 24 heavy (non-hydrogen) atoms. The molecule has 0 saturated carbocycles. The maximum absolute atomic E-state index is 13.2. The van der Waals surface area contributed by atoms with E-state index in [1.165, 1.54) is 12.0 Å². The van der Waals surface area contributed by atoms with Crippen molar-refractivity contribution in [1.29, 1.82) is 0 Å². The predicted octanol–water partition coefficient (Wildman–Crippen LogP) is 3.60. The van der Waals surface area contributed by atoms with Crippen LogP contribution in [0.2, 0.25) is 0 Å². The average molecular weight is 326 g/mol. The number of carbonyl (C=O) groups excluding carboxylic acids is 1. The molecule has 128 valence electrons. The minimum absolute atomic E-state index is 0.141. The van der Waals surface area contributed by atoms with Gasteiger partial charge < -0.3 is 4.90 Å². The van der Waals surface area contributed by atoms with Crippen LogP contribution in [0.5, 0.6) is 0 Å². The molecule has 1 aliphatic rings. The Morgan fingerprint density at radius 3 is 2.62 bits per heavy atom. The van der Waals surface area contributed by atoms with Crippen molar-refractivity contribution in [2.75, 3.05) is 6.54 Å². The van der Waals surface area contributed by atoms with E-state index in [0.717, 1.165) is 37.2 Å². The lowest BCUT2D eigenvalue weighted by atomic mass is 10.0. The fourth-order valence-electron chi connectivity index (χ4n) is 3.69. The molecule has 0 radical (unpaired) electrons. The molecule has 0 bridgehead atoms. The molecular formula is C19H26N4O. The first-order valence-electron chi connectivity index (χ1n) is 8.81. The van der Waals surface area contributed by atoms with Crippen molar-refractivity contribution in [3.8, 4) is 0 Å². The summed E-state index contributed by atoms with van der Waals surface area (Å²) in [5, 5.41) is 4.51. The molecule has 2 atom stereocenters. The van der Waals surface area contributed by atoms with Gasteiger partial charge in [0.2, 0.25) is 5.91 Å². The zero-order chi connectivity index (χ0) is 17.1. The van der Waals surface area contributed by atoms with Crippen molar-refractivity contribution in [2.45, 2.75) is 58.5 Å². The monoisotopic (exact) mass is 326 g/mol. The van der Waals surface area contributed by atoms with E-state index in [2.05, 4.69) is 15.0 Å². The molecule has 2 aromatic heterocycles. The minimum Gasteiger partial charge on any atom is -0.334 e. The van der Waals surface area contributed by atoms with Gasteiger partial charge in [-0.25, -0.2) is 0 Å². The van der Waals surface area contributed by atoms with E-state index in [9.17, 15) is 4.79 Å². The molecule has 1 aliphatic heterocycles. The van der Waals surface area contributed by atoms with Crippen LogP contribution in [-0.2, 0) is 4.79 Å². The van der Waals surface area contributed by atoms with E-state index in [4.69, 9.17) is 0 Å². The molecule has 2 aromatic rings. The Morgan fingerprint density at radius 1 is 1.21 bits per heavy atom. The molecule has 5 nitrogen and oxygen atoms in total. The summed E-state index contributed by atoms with van der Waals surface area (Å²) in [4.78, 5) is 19.4. The van der Waals surface area contributed by atoms with Crippen molar-refractivity contribution in [3.63, 3.8) is 0 Å². The predicted molar refractivity (Wildman–Crippen MR) is 93.6 cm³/mol. The van der Waals surface area contributed by atoms with Gasteiger partial charge >= 0.3 is 0 Å². The van der Waals surface area contributed by atoms with E-state index in [-0.39, 0.29) is 18.0 Å². The van der Waals surface area contributed by atoms with Crippen molar-refractivity contribution in [2.24, 2.45) is 0 Å². The third-order valence-corrected chi connectivity index (χ3v) is 4.90. The van der Waals surface area contributed by atoms with E-state index in [1.807, 2.05) is 56.0 Å². The van der Waals surface area contributed by atoms with Crippen molar-refractivity contribution in [3.05, 3.63) is 47.5 Å². The number of pyridine rings is 1. The Bertz CT molecular complexity index is 695. The summed E-state index contributed by atoms with van der Waals surface area (Å²) in [6.07, 6.45) is 8.04. The Morgan fingerprint density at radius 2 is 1.96 bits per heavy atom. The largest absolute Gasteiger partial charge is 0.334 e. The van der Waals surface area contributed by atoms with Crippen LogP contribution < -0.4 is 0 Å². The highest BCUT2D eigenvalue weighted by Crippen LogP contribution is 2.31. The van der Waals surface area contributed by atoms with Crippen LogP contribution in [0, 0.1) is 13.8 Å². The van der Waals surface area contributed by atoms with E-state index < -0.39 is 0 Å². The van der Waals surface area contributed by atoms with Crippen molar-refractivity contribution >= 4 is 5.91 Å².